The molecule has 0 spiro atoms. The highest BCUT2D eigenvalue weighted by atomic mass is 16.4. The van der Waals surface area contributed by atoms with Crippen molar-refractivity contribution >= 4 is 11.7 Å². The first-order valence-corrected chi connectivity index (χ1v) is 6.74. The fourth-order valence-electron chi connectivity index (χ4n) is 1.97. The lowest BCUT2D eigenvalue weighted by Gasteiger charge is -2.05. The summed E-state index contributed by atoms with van der Waals surface area (Å²) in [6, 6.07) is 7.43. The van der Waals surface area contributed by atoms with Gasteiger partial charge in [0.15, 0.2) is 0 Å². The van der Waals surface area contributed by atoms with Crippen molar-refractivity contribution in [3.63, 3.8) is 0 Å². The number of hydrogen-bond acceptors (Lipinski definition) is 3. The van der Waals surface area contributed by atoms with Gasteiger partial charge in [0.2, 0.25) is 0 Å². The summed E-state index contributed by atoms with van der Waals surface area (Å²) in [5, 5.41) is 12.0. The van der Waals surface area contributed by atoms with Crippen molar-refractivity contribution in [1.82, 2.24) is 9.97 Å². The lowest BCUT2D eigenvalue weighted by atomic mass is 10.1. The third-order valence-electron chi connectivity index (χ3n) is 2.96. The average Bonchev–Trinajstić information content (AvgIpc) is 2.86. The maximum absolute atomic E-state index is 10.6. The van der Waals surface area contributed by atoms with E-state index in [4.69, 9.17) is 5.11 Å². The van der Waals surface area contributed by atoms with Crippen molar-refractivity contribution in [3.05, 3.63) is 47.5 Å². The zero-order valence-electron chi connectivity index (χ0n) is 11.5. The number of aliphatic carboxylic acids is 1. The Kier molecular flexibility index (Phi) is 4.76. The number of H-pyrrole nitrogens is 1. The minimum Gasteiger partial charge on any atom is -0.481 e. The molecule has 5 heteroatoms. The van der Waals surface area contributed by atoms with Crippen LogP contribution < -0.4 is 5.32 Å². The summed E-state index contributed by atoms with van der Waals surface area (Å²) < 4.78 is 0. The van der Waals surface area contributed by atoms with E-state index in [-0.39, 0.29) is 6.42 Å². The molecule has 0 atom stereocenters. The van der Waals surface area contributed by atoms with E-state index in [0.29, 0.717) is 6.54 Å². The Morgan fingerprint density at radius 1 is 1.35 bits per heavy atom. The molecule has 1 aromatic heterocycles. The van der Waals surface area contributed by atoms with Crippen LogP contribution in [0.5, 0.6) is 0 Å². The molecule has 0 saturated heterocycles. The maximum atomic E-state index is 10.6. The van der Waals surface area contributed by atoms with Crippen LogP contribution in [0.15, 0.2) is 30.5 Å². The largest absolute Gasteiger partial charge is 0.481 e. The van der Waals surface area contributed by atoms with E-state index in [2.05, 4.69) is 22.2 Å². The number of carboxylic acids is 1. The topological polar surface area (TPSA) is 78.0 Å². The van der Waals surface area contributed by atoms with Crippen LogP contribution in [0.4, 0.5) is 5.69 Å². The zero-order valence-corrected chi connectivity index (χ0v) is 11.5. The van der Waals surface area contributed by atoms with Crippen molar-refractivity contribution in [3.8, 4) is 0 Å². The molecule has 2 rings (SSSR count). The van der Waals surface area contributed by atoms with Gasteiger partial charge in [0.25, 0.3) is 0 Å². The molecule has 2 aromatic rings. The van der Waals surface area contributed by atoms with E-state index in [1.807, 2.05) is 30.5 Å². The smallest absolute Gasteiger partial charge is 0.307 e. The number of anilines is 1. The Labute approximate surface area is 118 Å². The fraction of sp³-hybridized carbons (Fsp3) is 0.333. The van der Waals surface area contributed by atoms with Crippen LogP contribution in [-0.4, -0.2) is 21.0 Å². The van der Waals surface area contributed by atoms with Gasteiger partial charge in [-0.15, -0.1) is 0 Å². The van der Waals surface area contributed by atoms with Gasteiger partial charge in [-0.25, -0.2) is 4.98 Å². The Bertz CT molecular complexity index is 561. The van der Waals surface area contributed by atoms with Crippen molar-refractivity contribution in [2.45, 2.75) is 32.7 Å². The van der Waals surface area contributed by atoms with Gasteiger partial charge in [-0.1, -0.05) is 19.1 Å². The number of aromatic nitrogens is 2. The molecule has 5 nitrogen and oxygen atoms in total. The minimum absolute atomic E-state index is 0.0568. The summed E-state index contributed by atoms with van der Waals surface area (Å²) >= 11 is 0. The lowest BCUT2D eigenvalue weighted by molar-refractivity contribution is -0.136. The van der Waals surface area contributed by atoms with Gasteiger partial charge >= 0.3 is 5.97 Å². The van der Waals surface area contributed by atoms with E-state index in [9.17, 15) is 4.79 Å². The number of hydrogen-bond donors (Lipinski definition) is 3. The van der Waals surface area contributed by atoms with Gasteiger partial charge in [-0.2, -0.15) is 0 Å². The molecule has 0 radical (unpaired) electrons. The van der Waals surface area contributed by atoms with Crippen molar-refractivity contribution in [1.29, 1.82) is 0 Å². The molecule has 0 aliphatic carbocycles. The zero-order chi connectivity index (χ0) is 14.4. The van der Waals surface area contributed by atoms with Crippen LogP contribution >= 0.6 is 0 Å². The lowest BCUT2D eigenvalue weighted by Crippen LogP contribution is -2.02. The third-order valence-corrected chi connectivity index (χ3v) is 2.96. The van der Waals surface area contributed by atoms with E-state index in [1.54, 1.807) is 0 Å². The number of rotatable bonds is 7. The first kappa shape index (κ1) is 14.1. The number of benzene rings is 1. The molecular formula is C15H19N3O2. The molecule has 0 unspecified atom stereocenters. The van der Waals surface area contributed by atoms with Gasteiger partial charge in [0, 0.05) is 12.1 Å². The summed E-state index contributed by atoms with van der Waals surface area (Å²) in [6.07, 6.45) is 3.94. The number of aromatic amines is 1. The van der Waals surface area contributed by atoms with Gasteiger partial charge in [-0.05, 0) is 24.1 Å². The molecule has 0 fully saturated rings. The van der Waals surface area contributed by atoms with Crippen LogP contribution in [0.25, 0.3) is 0 Å². The second-order valence-electron chi connectivity index (χ2n) is 4.73. The molecular weight excluding hydrogens is 254 g/mol. The monoisotopic (exact) mass is 273 g/mol. The van der Waals surface area contributed by atoms with Crippen LogP contribution in [-0.2, 0) is 24.2 Å². The Balaban J connectivity index is 1.88. The number of nitrogens with one attached hydrogen (secondary N) is 2. The normalized spacial score (nSPS) is 10.4. The number of aryl methyl sites for hydroxylation is 1. The quantitative estimate of drug-likeness (QED) is 0.724. The number of carboxylic acid groups (broad SMARTS) is 1. The molecule has 20 heavy (non-hydrogen) atoms. The van der Waals surface area contributed by atoms with Gasteiger partial charge in [0.05, 0.1) is 24.9 Å². The number of carbonyl (C=O) groups is 1. The van der Waals surface area contributed by atoms with Crippen molar-refractivity contribution in [2.75, 3.05) is 5.32 Å². The van der Waals surface area contributed by atoms with E-state index in [1.165, 1.54) is 0 Å². The van der Waals surface area contributed by atoms with E-state index >= 15 is 0 Å². The van der Waals surface area contributed by atoms with Crippen molar-refractivity contribution < 1.29 is 9.90 Å². The Morgan fingerprint density at radius 2 is 2.10 bits per heavy atom. The first-order chi connectivity index (χ1) is 9.67. The maximum Gasteiger partial charge on any atom is 0.307 e. The number of nitrogens with zero attached hydrogens (tertiary/aromatic N) is 1. The summed E-state index contributed by atoms with van der Waals surface area (Å²) in [5.41, 5.74) is 2.81. The predicted octanol–water partition coefficient (Wildman–Crippen LogP) is 2.60. The van der Waals surface area contributed by atoms with Gasteiger partial charge in [0.1, 0.15) is 5.82 Å². The second-order valence-corrected chi connectivity index (χ2v) is 4.73. The Morgan fingerprint density at radius 3 is 2.75 bits per heavy atom. The first-order valence-electron chi connectivity index (χ1n) is 6.74. The van der Waals surface area contributed by atoms with Gasteiger partial charge in [-0.3, -0.25) is 4.79 Å². The van der Waals surface area contributed by atoms with Gasteiger partial charge < -0.3 is 15.4 Å². The summed E-state index contributed by atoms with van der Waals surface area (Å²) in [6.45, 7) is 2.80. The highest BCUT2D eigenvalue weighted by Gasteiger charge is 2.02. The minimum atomic E-state index is -0.813. The van der Waals surface area contributed by atoms with Crippen LogP contribution in [0.2, 0.25) is 0 Å². The summed E-state index contributed by atoms with van der Waals surface area (Å²) in [4.78, 5) is 18.2. The van der Waals surface area contributed by atoms with Crippen LogP contribution in [0.3, 0.4) is 0 Å². The standard InChI is InChI=1S/C15H19N3O2/c1-2-3-14-17-10-13(18-14)9-16-12-6-4-11(5-7-12)8-15(19)20/h4-7,10,16H,2-3,8-9H2,1H3,(H,17,18)(H,19,20). The van der Waals surface area contributed by atoms with Crippen molar-refractivity contribution in [2.24, 2.45) is 0 Å². The van der Waals surface area contributed by atoms with E-state index < -0.39 is 5.97 Å². The van der Waals surface area contributed by atoms with Crippen LogP contribution in [0, 0.1) is 0 Å². The Hall–Kier alpha value is -2.30. The molecule has 0 amide bonds. The molecule has 3 N–H and O–H groups in total. The van der Waals surface area contributed by atoms with Crippen LogP contribution in [0.1, 0.15) is 30.4 Å². The summed E-state index contributed by atoms with van der Waals surface area (Å²) in [5.74, 6) is 0.202. The highest BCUT2D eigenvalue weighted by molar-refractivity contribution is 5.70. The second kappa shape index (κ2) is 6.75. The number of imidazole rings is 1. The molecule has 106 valence electrons. The average molecular weight is 273 g/mol. The molecule has 0 aliphatic heterocycles. The molecule has 0 aliphatic rings. The highest BCUT2D eigenvalue weighted by Crippen LogP contribution is 2.11. The fourth-order valence-corrected chi connectivity index (χ4v) is 1.97. The summed E-state index contributed by atoms with van der Waals surface area (Å²) in [7, 11) is 0. The molecule has 0 saturated carbocycles. The molecule has 1 heterocycles. The molecule has 1 aromatic carbocycles. The third kappa shape index (κ3) is 4.12. The van der Waals surface area contributed by atoms with E-state index in [0.717, 1.165) is 35.6 Å². The SMILES string of the molecule is CCCc1ncc(CNc2ccc(CC(=O)O)cc2)[nH]1. The predicted molar refractivity (Wildman–Crippen MR) is 77.7 cm³/mol. The molecule has 0 bridgehead atoms.